The SMILES string of the molecule is CCC(N)(CC)CNC(=O)c1cccc(S(=O)(=O)N(C)c2ccccc2)c1. The number of nitrogens with one attached hydrogen (secondary N) is 1. The van der Waals surface area contributed by atoms with Crippen LogP contribution in [0, 0.1) is 0 Å². The highest BCUT2D eigenvalue weighted by Crippen LogP contribution is 2.22. The molecule has 2 aromatic rings. The highest BCUT2D eigenvalue weighted by molar-refractivity contribution is 7.92. The number of hydrogen-bond acceptors (Lipinski definition) is 4. The van der Waals surface area contributed by atoms with Gasteiger partial charge in [-0.1, -0.05) is 38.1 Å². The van der Waals surface area contributed by atoms with Gasteiger partial charge in [-0.25, -0.2) is 8.42 Å². The predicted molar refractivity (Wildman–Crippen MR) is 108 cm³/mol. The highest BCUT2D eigenvalue weighted by atomic mass is 32.2. The van der Waals surface area contributed by atoms with Gasteiger partial charge in [0.1, 0.15) is 0 Å². The third-order valence-electron chi connectivity index (χ3n) is 4.88. The van der Waals surface area contributed by atoms with Gasteiger partial charge in [-0.3, -0.25) is 9.10 Å². The summed E-state index contributed by atoms with van der Waals surface area (Å²) >= 11 is 0. The molecule has 0 radical (unpaired) electrons. The quantitative estimate of drug-likeness (QED) is 0.726. The van der Waals surface area contributed by atoms with Crippen LogP contribution in [-0.2, 0) is 10.0 Å². The molecule has 2 rings (SSSR count). The third-order valence-corrected chi connectivity index (χ3v) is 6.67. The van der Waals surface area contributed by atoms with Crippen LogP contribution in [0.2, 0.25) is 0 Å². The summed E-state index contributed by atoms with van der Waals surface area (Å²) in [6.07, 6.45) is 1.47. The van der Waals surface area contributed by atoms with E-state index in [1.807, 2.05) is 19.9 Å². The van der Waals surface area contributed by atoms with E-state index in [1.165, 1.54) is 23.5 Å². The van der Waals surface area contributed by atoms with Crippen molar-refractivity contribution in [1.82, 2.24) is 5.32 Å². The maximum atomic E-state index is 12.9. The molecule has 0 bridgehead atoms. The van der Waals surface area contributed by atoms with E-state index in [1.54, 1.807) is 36.4 Å². The Balaban J connectivity index is 2.22. The fourth-order valence-electron chi connectivity index (χ4n) is 2.59. The van der Waals surface area contributed by atoms with E-state index >= 15 is 0 Å². The molecular formula is C20H27N3O3S. The number of amides is 1. The minimum atomic E-state index is -3.77. The molecule has 7 heteroatoms. The number of carbonyl (C=O) groups excluding carboxylic acids is 1. The number of hydrogen-bond donors (Lipinski definition) is 2. The van der Waals surface area contributed by atoms with Crippen LogP contribution in [0.1, 0.15) is 37.0 Å². The summed E-state index contributed by atoms with van der Waals surface area (Å²) in [5, 5.41) is 2.81. The summed E-state index contributed by atoms with van der Waals surface area (Å²) in [6.45, 7) is 4.28. The minimum Gasteiger partial charge on any atom is -0.350 e. The molecule has 0 heterocycles. The fraction of sp³-hybridized carbons (Fsp3) is 0.350. The van der Waals surface area contributed by atoms with E-state index in [-0.39, 0.29) is 16.4 Å². The molecule has 1 amide bonds. The second kappa shape index (κ2) is 8.54. The smallest absolute Gasteiger partial charge is 0.264 e. The number of anilines is 1. The lowest BCUT2D eigenvalue weighted by atomic mass is 9.94. The van der Waals surface area contributed by atoms with Crippen molar-refractivity contribution in [1.29, 1.82) is 0 Å². The molecule has 146 valence electrons. The van der Waals surface area contributed by atoms with Crippen LogP contribution >= 0.6 is 0 Å². The van der Waals surface area contributed by atoms with Gasteiger partial charge in [-0.05, 0) is 43.2 Å². The second-order valence-electron chi connectivity index (χ2n) is 6.59. The van der Waals surface area contributed by atoms with Gasteiger partial charge in [0.25, 0.3) is 15.9 Å². The summed E-state index contributed by atoms with van der Waals surface area (Å²) < 4.78 is 27.0. The molecule has 27 heavy (non-hydrogen) atoms. The first-order valence-corrected chi connectivity index (χ1v) is 10.4. The Bertz CT molecular complexity index is 878. The summed E-state index contributed by atoms with van der Waals surface area (Å²) in [5.41, 5.74) is 6.58. The summed E-state index contributed by atoms with van der Waals surface area (Å²) in [4.78, 5) is 12.5. The number of benzene rings is 2. The Kier molecular flexibility index (Phi) is 6.62. The van der Waals surface area contributed by atoms with E-state index in [0.29, 0.717) is 12.2 Å². The molecule has 0 spiro atoms. The molecule has 6 nitrogen and oxygen atoms in total. The molecule has 0 unspecified atom stereocenters. The predicted octanol–water partition coefficient (Wildman–Crippen LogP) is 2.76. The fourth-order valence-corrected chi connectivity index (χ4v) is 3.83. The van der Waals surface area contributed by atoms with Crippen LogP contribution < -0.4 is 15.4 Å². The number of para-hydroxylation sites is 1. The van der Waals surface area contributed by atoms with Gasteiger partial charge in [-0.2, -0.15) is 0 Å². The van der Waals surface area contributed by atoms with Crippen molar-refractivity contribution in [3.63, 3.8) is 0 Å². The molecule has 0 fully saturated rings. The van der Waals surface area contributed by atoms with Crippen LogP contribution in [0.3, 0.4) is 0 Å². The number of nitrogens with two attached hydrogens (primary N) is 1. The lowest BCUT2D eigenvalue weighted by Crippen LogP contribution is -2.49. The van der Waals surface area contributed by atoms with Crippen molar-refractivity contribution in [2.45, 2.75) is 37.1 Å². The average Bonchev–Trinajstić information content (AvgIpc) is 2.71. The third kappa shape index (κ3) is 4.87. The number of carbonyl (C=O) groups is 1. The lowest BCUT2D eigenvalue weighted by Gasteiger charge is -2.26. The Morgan fingerprint density at radius 2 is 1.70 bits per heavy atom. The molecule has 0 aromatic heterocycles. The van der Waals surface area contributed by atoms with Gasteiger partial charge >= 0.3 is 0 Å². The molecule has 0 aliphatic carbocycles. The van der Waals surface area contributed by atoms with Crippen LogP contribution in [0.25, 0.3) is 0 Å². The summed E-state index contributed by atoms with van der Waals surface area (Å²) in [7, 11) is -2.28. The lowest BCUT2D eigenvalue weighted by molar-refractivity contribution is 0.0942. The molecule has 0 saturated carbocycles. The molecule has 0 aliphatic heterocycles. The van der Waals surface area contributed by atoms with E-state index in [0.717, 1.165) is 12.8 Å². The van der Waals surface area contributed by atoms with Crippen LogP contribution in [-0.4, -0.2) is 33.5 Å². The highest BCUT2D eigenvalue weighted by Gasteiger charge is 2.24. The minimum absolute atomic E-state index is 0.0616. The maximum Gasteiger partial charge on any atom is 0.264 e. The molecule has 3 N–H and O–H groups in total. The number of nitrogens with zero attached hydrogens (tertiary/aromatic N) is 1. The van der Waals surface area contributed by atoms with Crippen molar-refractivity contribution < 1.29 is 13.2 Å². The van der Waals surface area contributed by atoms with Crippen molar-refractivity contribution in [2.75, 3.05) is 17.9 Å². The van der Waals surface area contributed by atoms with E-state index < -0.39 is 15.6 Å². The number of sulfonamides is 1. The van der Waals surface area contributed by atoms with E-state index in [2.05, 4.69) is 5.32 Å². The van der Waals surface area contributed by atoms with E-state index in [4.69, 9.17) is 5.73 Å². The van der Waals surface area contributed by atoms with Gasteiger partial charge in [0.15, 0.2) is 0 Å². The topological polar surface area (TPSA) is 92.5 Å². The summed E-state index contributed by atoms with van der Waals surface area (Å²) in [6, 6.07) is 14.8. The second-order valence-corrected chi connectivity index (χ2v) is 8.56. The molecule has 0 saturated heterocycles. The Hall–Kier alpha value is -2.38. The first-order chi connectivity index (χ1) is 12.7. The zero-order chi connectivity index (χ0) is 20.1. The van der Waals surface area contributed by atoms with Crippen LogP contribution in [0.5, 0.6) is 0 Å². The average molecular weight is 390 g/mol. The Morgan fingerprint density at radius 3 is 2.30 bits per heavy atom. The Morgan fingerprint density at radius 1 is 1.07 bits per heavy atom. The van der Waals surface area contributed by atoms with Crippen molar-refractivity contribution in [2.24, 2.45) is 5.73 Å². The maximum absolute atomic E-state index is 12.9. The van der Waals surface area contributed by atoms with Crippen LogP contribution in [0.4, 0.5) is 5.69 Å². The number of rotatable bonds is 8. The van der Waals surface area contributed by atoms with Gasteiger partial charge in [0.2, 0.25) is 0 Å². The van der Waals surface area contributed by atoms with Crippen LogP contribution in [0.15, 0.2) is 59.5 Å². The van der Waals surface area contributed by atoms with E-state index in [9.17, 15) is 13.2 Å². The molecule has 2 aromatic carbocycles. The first-order valence-electron chi connectivity index (χ1n) is 8.94. The van der Waals surface area contributed by atoms with Crippen molar-refractivity contribution in [3.8, 4) is 0 Å². The molecule has 0 aliphatic rings. The molecular weight excluding hydrogens is 362 g/mol. The van der Waals surface area contributed by atoms with Gasteiger partial charge < -0.3 is 11.1 Å². The van der Waals surface area contributed by atoms with Crippen molar-refractivity contribution in [3.05, 3.63) is 60.2 Å². The largest absolute Gasteiger partial charge is 0.350 e. The normalized spacial score (nSPS) is 11.9. The monoisotopic (exact) mass is 389 g/mol. The van der Waals surface area contributed by atoms with Crippen molar-refractivity contribution >= 4 is 21.6 Å². The standard InChI is InChI=1S/C20H27N3O3S/c1-4-20(21,5-2)15-22-19(24)16-10-9-13-18(14-16)27(25,26)23(3)17-11-7-6-8-12-17/h6-14H,4-5,15,21H2,1-3H3,(H,22,24). The molecule has 0 atom stereocenters. The van der Waals surface area contributed by atoms with Gasteiger partial charge in [0, 0.05) is 24.7 Å². The summed E-state index contributed by atoms with van der Waals surface area (Å²) in [5.74, 6) is -0.342. The zero-order valence-corrected chi connectivity index (χ0v) is 16.8. The Labute approximate surface area is 161 Å². The van der Waals surface area contributed by atoms with Gasteiger partial charge in [0.05, 0.1) is 10.6 Å². The first kappa shape index (κ1) is 20.9. The van der Waals surface area contributed by atoms with Gasteiger partial charge in [-0.15, -0.1) is 0 Å². The zero-order valence-electron chi connectivity index (χ0n) is 16.0.